The van der Waals surface area contributed by atoms with E-state index in [2.05, 4.69) is 13.8 Å². The number of carbonyl (C=O) groups excluding carboxylic acids is 2. The van der Waals surface area contributed by atoms with Crippen molar-refractivity contribution in [2.45, 2.75) is 179 Å². The minimum absolute atomic E-state index is 0.0850. The van der Waals surface area contributed by atoms with Crippen LogP contribution in [0.25, 0.3) is 0 Å². The lowest BCUT2D eigenvalue weighted by Gasteiger charge is -2.20. The van der Waals surface area contributed by atoms with E-state index in [4.69, 9.17) is 5.11 Å². The summed E-state index contributed by atoms with van der Waals surface area (Å²) in [5, 5.41) is 29.1. The summed E-state index contributed by atoms with van der Waals surface area (Å²) in [6.07, 6.45) is 25.9. The molecule has 0 rings (SSSR count). The fourth-order valence-corrected chi connectivity index (χ4v) is 8.61. The molecule has 7 heteroatoms. The zero-order chi connectivity index (χ0) is 28.3. The molecule has 0 aromatic rings. The van der Waals surface area contributed by atoms with E-state index in [1.54, 1.807) is 0 Å². The summed E-state index contributed by atoms with van der Waals surface area (Å²) in [6.45, 7) is 3.89. The number of aliphatic hydroxyl groups is 3. The summed E-state index contributed by atoms with van der Waals surface area (Å²) in [5.74, 6) is 0. The van der Waals surface area contributed by atoms with Gasteiger partial charge in [0.25, 0.3) is 0 Å². The predicted molar refractivity (Wildman–Crippen MR) is 166 cm³/mol. The molecule has 0 spiro atoms. The van der Waals surface area contributed by atoms with Crippen molar-refractivity contribution >= 4 is 29.6 Å². The third kappa shape index (κ3) is 22.8. The average molecular weight is 577 g/mol. The van der Waals surface area contributed by atoms with Crippen LogP contribution in [0.4, 0.5) is 0 Å². The van der Waals surface area contributed by atoms with E-state index < -0.39 is 25.3 Å². The van der Waals surface area contributed by atoms with Crippen molar-refractivity contribution in [3.05, 3.63) is 0 Å². The number of carbonyl (C=O) groups is 2. The third-order valence-corrected chi connectivity index (χ3v) is 11.8. The fourth-order valence-electron chi connectivity index (χ4n) is 4.61. The highest BCUT2D eigenvalue weighted by Crippen LogP contribution is 2.55. The number of aliphatic hydroxyl groups excluding tert-OH is 3. The molecule has 0 radical (unpaired) electrons. The summed E-state index contributed by atoms with van der Waals surface area (Å²) in [6, 6.07) is 0. The van der Waals surface area contributed by atoms with Crippen LogP contribution >= 0.6 is 18.5 Å². The monoisotopic (exact) mass is 576 g/mol. The summed E-state index contributed by atoms with van der Waals surface area (Å²) < 4.78 is 0. The van der Waals surface area contributed by atoms with Gasteiger partial charge in [-0.2, -0.15) is 0 Å². The fraction of sp³-hybridized carbons (Fsp3) is 0.935. The van der Waals surface area contributed by atoms with Crippen molar-refractivity contribution in [3.63, 3.8) is 0 Å². The Kier molecular flexibility index (Phi) is 28.5. The van der Waals surface area contributed by atoms with Crippen molar-refractivity contribution in [2.75, 3.05) is 6.61 Å². The van der Waals surface area contributed by atoms with Crippen molar-refractivity contribution in [1.29, 1.82) is 0 Å². The molecule has 0 amide bonds. The number of hydrogen-bond donors (Lipinski definition) is 3. The molecular formula is C31H61O5PS. The second kappa shape index (κ2) is 28.5. The molecule has 0 heterocycles. The minimum atomic E-state index is -1.72. The molecule has 0 aliphatic carbocycles. The zero-order valence-corrected chi connectivity index (χ0v) is 26.6. The molecule has 0 saturated heterocycles. The quantitative estimate of drug-likeness (QED) is 0.0448. The first kappa shape index (κ1) is 38.0. The molecule has 226 valence electrons. The lowest BCUT2D eigenvalue weighted by atomic mass is 10.1. The maximum atomic E-state index is 12.9. The molecule has 5 nitrogen and oxygen atoms in total. The maximum absolute atomic E-state index is 12.9. The van der Waals surface area contributed by atoms with E-state index in [9.17, 15) is 19.8 Å². The molecule has 0 aliphatic heterocycles. The van der Waals surface area contributed by atoms with Gasteiger partial charge in [0, 0.05) is 12.8 Å². The molecule has 0 aromatic heterocycles. The van der Waals surface area contributed by atoms with Crippen molar-refractivity contribution in [2.24, 2.45) is 0 Å². The number of rotatable bonds is 30. The minimum Gasteiger partial charge on any atom is -0.394 e. The Morgan fingerprint density at radius 1 is 0.553 bits per heavy atom. The van der Waals surface area contributed by atoms with Gasteiger partial charge < -0.3 is 15.3 Å². The second-order valence-electron chi connectivity index (χ2n) is 10.9. The topological polar surface area (TPSA) is 94.8 Å². The second-order valence-corrected chi connectivity index (χ2v) is 14.9. The molecule has 0 aromatic carbocycles. The van der Waals surface area contributed by atoms with Crippen LogP contribution in [0.3, 0.4) is 0 Å². The van der Waals surface area contributed by atoms with Gasteiger partial charge in [-0.15, -0.1) is 0 Å². The van der Waals surface area contributed by atoms with Crippen LogP contribution in [0.2, 0.25) is 0 Å². The van der Waals surface area contributed by atoms with Crippen LogP contribution in [0.5, 0.6) is 0 Å². The van der Waals surface area contributed by atoms with Gasteiger partial charge in [0.2, 0.25) is 0 Å². The first-order chi connectivity index (χ1) is 18.5. The largest absolute Gasteiger partial charge is 0.394 e. The average Bonchev–Trinajstić information content (AvgIpc) is 2.92. The summed E-state index contributed by atoms with van der Waals surface area (Å²) >= 11 is 0.871. The predicted octanol–water partition coefficient (Wildman–Crippen LogP) is 9.24. The Hall–Kier alpha value is 0. The smallest absolute Gasteiger partial charge is 0.172 e. The van der Waals surface area contributed by atoms with Gasteiger partial charge in [0.15, 0.2) is 11.0 Å². The standard InChI is InChI=1S/C31H61O5PS/c1-3-5-7-9-11-13-15-17-19-21-23-25-29(34)37(38-31(36)28(33)27-32)30(35)26-24-22-20-18-16-14-12-10-8-6-4-2/h28,31-33,36H,3-27H2,1-2H3. The first-order valence-corrected chi connectivity index (χ1v) is 18.8. The number of hydrogen-bond acceptors (Lipinski definition) is 6. The number of unbranched alkanes of at least 4 members (excludes halogenated alkanes) is 20. The van der Waals surface area contributed by atoms with Gasteiger partial charge in [-0.3, -0.25) is 9.59 Å². The first-order valence-electron chi connectivity index (χ1n) is 16.0. The molecule has 0 fully saturated rings. The van der Waals surface area contributed by atoms with Gasteiger partial charge in [-0.1, -0.05) is 154 Å². The molecule has 2 atom stereocenters. The van der Waals surface area contributed by atoms with Gasteiger partial charge in [-0.25, -0.2) is 0 Å². The highest BCUT2D eigenvalue weighted by atomic mass is 32.7. The van der Waals surface area contributed by atoms with Crippen molar-refractivity contribution < 1.29 is 24.9 Å². The van der Waals surface area contributed by atoms with E-state index in [0.717, 1.165) is 49.9 Å². The third-order valence-electron chi connectivity index (χ3n) is 7.17. The SMILES string of the molecule is CCCCCCCCCCCCCC(=O)P(SC(O)C(O)CO)C(=O)CCCCCCCCCCCCC. The van der Waals surface area contributed by atoms with Gasteiger partial charge in [0.1, 0.15) is 11.5 Å². The van der Waals surface area contributed by atoms with Crippen LogP contribution in [0, 0.1) is 0 Å². The highest BCUT2D eigenvalue weighted by Gasteiger charge is 2.31. The summed E-state index contributed by atoms with van der Waals surface area (Å²) in [7, 11) is -1.72. The van der Waals surface area contributed by atoms with Crippen LogP contribution in [-0.2, 0) is 9.59 Å². The molecule has 0 saturated carbocycles. The molecule has 0 bridgehead atoms. The Morgan fingerprint density at radius 3 is 1.13 bits per heavy atom. The van der Waals surface area contributed by atoms with Crippen molar-refractivity contribution in [3.8, 4) is 0 Å². The van der Waals surface area contributed by atoms with Crippen LogP contribution in [0.1, 0.15) is 168 Å². The summed E-state index contributed by atoms with van der Waals surface area (Å²) in [5.41, 5.74) is -1.48. The Morgan fingerprint density at radius 2 is 0.842 bits per heavy atom. The normalized spacial score (nSPS) is 13.2. The van der Waals surface area contributed by atoms with Gasteiger partial charge >= 0.3 is 0 Å². The van der Waals surface area contributed by atoms with E-state index in [1.807, 2.05) is 0 Å². The molecule has 2 unspecified atom stereocenters. The van der Waals surface area contributed by atoms with E-state index in [1.165, 1.54) is 103 Å². The molecule has 0 aliphatic rings. The van der Waals surface area contributed by atoms with E-state index in [-0.39, 0.29) is 11.0 Å². The highest BCUT2D eigenvalue weighted by molar-refractivity contribution is 8.65. The van der Waals surface area contributed by atoms with Crippen LogP contribution < -0.4 is 0 Å². The van der Waals surface area contributed by atoms with E-state index in [0.29, 0.717) is 12.8 Å². The lowest BCUT2D eigenvalue weighted by Crippen LogP contribution is -2.26. The Bertz CT molecular complexity index is 510. The van der Waals surface area contributed by atoms with Crippen LogP contribution in [0.15, 0.2) is 0 Å². The maximum Gasteiger partial charge on any atom is 0.172 e. The molecular weight excluding hydrogens is 515 g/mol. The molecule has 38 heavy (non-hydrogen) atoms. The van der Waals surface area contributed by atoms with Gasteiger partial charge in [-0.05, 0) is 12.8 Å². The Labute approximate surface area is 240 Å². The zero-order valence-electron chi connectivity index (χ0n) is 24.8. The van der Waals surface area contributed by atoms with E-state index >= 15 is 0 Å². The van der Waals surface area contributed by atoms with Crippen molar-refractivity contribution in [1.82, 2.24) is 0 Å². The lowest BCUT2D eigenvalue weighted by molar-refractivity contribution is -0.114. The Balaban J connectivity index is 4.21. The summed E-state index contributed by atoms with van der Waals surface area (Å²) in [4.78, 5) is 25.8. The molecule has 3 N–H and O–H groups in total. The van der Waals surface area contributed by atoms with Crippen LogP contribution in [-0.4, -0.2) is 44.5 Å². The van der Waals surface area contributed by atoms with Gasteiger partial charge in [0.05, 0.1) is 13.7 Å².